The molecule has 0 saturated heterocycles. The van der Waals surface area contributed by atoms with Gasteiger partial charge in [0.25, 0.3) is 0 Å². The van der Waals surface area contributed by atoms with E-state index in [2.05, 4.69) is 13.8 Å². The molecule has 35 heavy (non-hydrogen) atoms. The van der Waals surface area contributed by atoms with Gasteiger partial charge >= 0.3 is 17.6 Å². The van der Waals surface area contributed by atoms with Crippen molar-refractivity contribution >= 4 is 11.9 Å². The summed E-state index contributed by atoms with van der Waals surface area (Å²) in [6.07, 6.45) is 7.86. The van der Waals surface area contributed by atoms with Crippen molar-refractivity contribution in [2.45, 2.75) is 103 Å². The fourth-order valence-electron chi connectivity index (χ4n) is 8.99. The van der Waals surface area contributed by atoms with Gasteiger partial charge < -0.3 is 19.0 Å². The number of fused-ring (bicyclic) bond motifs is 5. The van der Waals surface area contributed by atoms with Crippen LogP contribution in [0.5, 0.6) is 0 Å². The van der Waals surface area contributed by atoms with Crippen LogP contribution < -0.4 is 5.63 Å². The van der Waals surface area contributed by atoms with Crippen molar-refractivity contribution in [3.8, 4) is 0 Å². The van der Waals surface area contributed by atoms with E-state index in [0.29, 0.717) is 18.3 Å². The molecule has 0 spiro atoms. The molecule has 192 valence electrons. The summed E-state index contributed by atoms with van der Waals surface area (Å²) in [5, 5.41) is 12.6. The highest BCUT2D eigenvalue weighted by Crippen LogP contribution is 2.71. The van der Waals surface area contributed by atoms with E-state index in [1.165, 1.54) is 26.2 Å². The first kappa shape index (κ1) is 24.5. The first-order chi connectivity index (χ1) is 16.5. The molecule has 9 atom stereocenters. The zero-order valence-electron chi connectivity index (χ0n) is 21.2. The fourth-order valence-corrected chi connectivity index (χ4v) is 8.99. The SMILES string of the molecule is CC(=O)O[C@H]1CC[C@]2(C)C3CC[C@]4(C)[C@@H](c5ccc(=O)oc5)[C@@H](OC(C)=O)C[C@]4(O)C3CC[C@@H]2C1. The van der Waals surface area contributed by atoms with Gasteiger partial charge in [-0.2, -0.15) is 0 Å². The molecule has 0 aliphatic heterocycles. The molecule has 4 aliphatic rings. The molecule has 7 nitrogen and oxygen atoms in total. The van der Waals surface area contributed by atoms with Gasteiger partial charge in [-0.25, -0.2) is 4.79 Å². The van der Waals surface area contributed by atoms with E-state index in [0.717, 1.165) is 50.5 Å². The summed E-state index contributed by atoms with van der Waals surface area (Å²) in [5.74, 6) is 0.126. The molecule has 0 amide bonds. The van der Waals surface area contributed by atoms with Gasteiger partial charge in [-0.15, -0.1) is 0 Å². The molecule has 1 N–H and O–H groups in total. The van der Waals surface area contributed by atoms with Gasteiger partial charge in [0.15, 0.2) is 0 Å². The Bertz CT molecular complexity index is 1040. The lowest BCUT2D eigenvalue weighted by Gasteiger charge is -2.63. The summed E-state index contributed by atoms with van der Waals surface area (Å²) in [7, 11) is 0. The molecule has 5 rings (SSSR count). The fraction of sp³-hybridized carbons (Fsp3) is 0.750. The second-order valence-corrected chi connectivity index (χ2v) is 12.1. The lowest BCUT2D eigenvalue weighted by molar-refractivity contribution is -0.207. The molecule has 2 unspecified atom stereocenters. The molecular formula is C28H38O7. The minimum absolute atomic E-state index is 0.00369. The Balaban J connectivity index is 1.48. The summed E-state index contributed by atoms with van der Waals surface area (Å²) in [5.41, 5.74) is -1.03. The second-order valence-electron chi connectivity index (χ2n) is 12.1. The van der Waals surface area contributed by atoms with E-state index in [1.807, 2.05) is 0 Å². The largest absolute Gasteiger partial charge is 0.463 e. The summed E-state index contributed by atoms with van der Waals surface area (Å²) in [6.45, 7) is 7.41. The van der Waals surface area contributed by atoms with Crippen LogP contribution >= 0.6 is 0 Å². The smallest absolute Gasteiger partial charge is 0.335 e. The predicted molar refractivity (Wildman–Crippen MR) is 127 cm³/mol. The minimum atomic E-state index is -0.989. The maximum absolute atomic E-state index is 12.6. The molecule has 0 aromatic carbocycles. The number of rotatable bonds is 3. The van der Waals surface area contributed by atoms with Crippen molar-refractivity contribution in [2.24, 2.45) is 28.6 Å². The van der Waals surface area contributed by atoms with Crippen molar-refractivity contribution in [3.63, 3.8) is 0 Å². The highest BCUT2D eigenvalue weighted by molar-refractivity contribution is 5.66. The highest BCUT2D eigenvalue weighted by atomic mass is 16.5. The Morgan fingerprint density at radius 3 is 2.40 bits per heavy atom. The van der Waals surface area contributed by atoms with Crippen LogP contribution in [0.2, 0.25) is 0 Å². The van der Waals surface area contributed by atoms with Crippen molar-refractivity contribution in [1.29, 1.82) is 0 Å². The number of hydrogen-bond donors (Lipinski definition) is 1. The number of aliphatic hydroxyl groups is 1. The Morgan fingerprint density at radius 1 is 1.00 bits per heavy atom. The molecule has 1 aromatic heterocycles. The van der Waals surface area contributed by atoms with E-state index in [4.69, 9.17) is 13.9 Å². The Morgan fingerprint density at radius 2 is 1.74 bits per heavy atom. The Hall–Kier alpha value is -2.15. The minimum Gasteiger partial charge on any atom is -0.463 e. The van der Waals surface area contributed by atoms with Crippen molar-refractivity contribution in [1.82, 2.24) is 0 Å². The quantitative estimate of drug-likeness (QED) is 0.634. The number of hydrogen-bond acceptors (Lipinski definition) is 7. The van der Waals surface area contributed by atoms with Crippen LogP contribution in [-0.4, -0.2) is 34.9 Å². The molecule has 7 heteroatoms. The third kappa shape index (κ3) is 3.76. The van der Waals surface area contributed by atoms with Crippen molar-refractivity contribution in [2.75, 3.05) is 0 Å². The van der Waals surface area contributed by atoms with E-state index >= 15 is 0 Å². The third-order valence-electron chi connectivity index (χ3n) is 10.5. The normalized spacial score (nSPS) is 44.5. The zero-order valence-corrected chi connectivity index (χ0v) is 21.2. The first-order valence-electron chi connectivity index (χ1n) is 13.1. The molecule has 0 bridgehead atoms. The standard InChI is InChI=1S/C28H38O7/c1-16(29)34-20-9-11-26(3)19(13-20)6-7-22-21(26)10-12-27(4)25(18-5-8-24(31)33-15-18)23(35-17(2)30)14-28(22,27)32/h5,8,15,19-23,25,32H,6-7,9-14H2,1-4H3/t19-,20+,21?,22?,23+,25+,26+,27-,28+/m1/s1. The maximum Gasteiger partial charge on any atom is 0.335 e. The molecule has 4 fully saturated rings. The molecular weight excluding hydrogens is 448 g/mol. The lowest BCUT2D eigenvalue weighted by Crippen LogP contribution is -2.62. The van der Waals surface area contributed by atoms with Gasteiger partial charge in [0.1, 0.15) is 12.2 Å². The van der Waals surface area contributed by atoms with E-state index < -0.39 is 22.7 Å². The first-order valence-corrected chi connectivity index (χ1v) is 13.1. The van der Waals surface area contributed by atoms with Gasteiger partial charge in [-0.3, -0.25) is 9.59 Å². The topological polar surface area (TPSA) is 103 Å². The summed E-state index contributed by atoms with van der Waals surface area (Å²) in [4.78, 5) is 35.2. The van der Waals surface area contributed by atoms with Gasteiger partial charge in [-0.05, 0) is 79.7 Å². The summed E-state index contributed by atoms with van der Waals surface area (Å²) in [6, 6.07) is 3.16. The number of carbonyl (C=O) groups excluding carboxylic acids is 2. The van der Waals surface area contributed by atoms with Gasteiger partial charge in [0.05, 0.1) is 11.9 Å². The third-order valence-corrected chi connectivity index (χ3v) is 10.5. The highest BCUT2D eigenvalue weighted by Gasteiger charge is 2.70. The average Bonchev–Trinajstić information content (AvgIpc) is 3.00. The van der Waals surface area contributed by atoms with Gasteiger partial charge in [0, 0.05) is 37.7 Å². The molecule has 1 heterocycles. The second kappa shape index (κ2) is 8.46. The summed E-state index contributed by atoms with van der Waals surface area (Å²) >= 11 is 0. The predicted octanol–water partition coefficient (Wildman–Crippen LogP) is 4.35. The van der Waals surface area contributed by atoms with Crippen molar-refractivity contribution < 1.29 is 28.6 Å². The molecule has 1 aromatic rings. The number of carbonyl (C=O) groups is 2. The molecule has 0 radical (unpaired) electrons. The Kier molecular flexibility index (Phi) is 5.93. The van der Waals surface area contributed by atoms with E-state index in [-0.39, 0.29) is 35.3 Å². The van der Waals surface area contributed by atoms with Crippen LogP contribution in [0.3, 0.4) is 0 Å². The van der Waals surface area contributed by atoms with Crippen LogP contribution in [0, 0.1) is 28.6 Å². The molecule has 4 saturated carbocycles. The zero-order chi connectivity index (χ0) is 25.2. The van der Waals surface area contributed by atoms with Crippen LogP contribution in [0.25, 0.3) is 0 Å². The number of esters is 2. The maximum atomic E-state index is 12.6. The monoisotopic (exact) mass is 486 g/mol. The molecule has 4 aliphatic carbocycles. The van der Waals surface area contributed by atoms with E-state index in [1.54, 1.807) is 6.07 Å². The number of ether oxygens (including phenoxy) is 2. The van der Waals surface area contributed by atoms with Gasteiger partial charge in [0.2, 0.25) is 0 Å². The van der Waals surface area contributed by atoms with Crippen LogP contribution in [0.15, 0.2) is 27.6 Å². The average molecular weight is 487 g/mol. The van der Waals surface area contributed by atoms with E-state index in [9.17, 15) is 19.5 Å². The van der Waals surface area contributed by atoms with Crippen molar-refractivity contribution in [3.05, 3.63) is 34.4 Å². The van der Waals surface area contributed by atoms with Gasteiger partial charge in [-0.1, -0.05) is 13.8 Å². The van der Waals surface area contributed by atoms with Crippen LogP contribution in [-0.2, 0) is 19.1 Å². The Labute approximate surface area is 206 Å². The summed E-state index contributed by atoms with van der Waals surface area (Å²) < 4.78 is 16.6. The lowest BCUT2D eigenvalue weighted by atomic mass is 9.43. The van der Waals surface area contributed by atoms with Crippen LogP contribution in [0.4, 0.5) is 0 Å². The van der Waals surface area contributed by atoms with Crippen LogP contribution in [0.1, 0.15) is 90.5 Å².